The first-order chi connectivity index (χ1) is 8.41. The molecule has 0 aliphatic carbocycles. The van der Waals surface area contributed by atoms with Gasteiger partial charge in [0.25, 0.3) is 11.8 Å². The van der Waals surface area contributed by atoms with Crippen LogP contribution in [0, 0.1) is 0 Å². The summed E-state index contributed by atoms with van der Waals surface area (Å²) < 4.78 is 5.35. The summed E-state index contributed by atoms with van der Waals surface area (Å²) >= 11 is 0. The zero-order chi connectivity index (χ0) is 14.1. The van der Waals surface area contributed by atoms with Gasteiger partial charge in [-0.2, -0.15) is 0 Å². The Morgan fingerprint density at radius 2 is 1.67 bits per heavy atom. The molecule has 0 aromatic carbocycles. The molecule has 0 spiro atoms. The summed E-state index contributed by atoms with van der Waals surface area (Å²) in [7, 11) is -0.514. The lowest BCUT2D eigenvalue weighted by Crippen LogP contribution is -2.38. The summed E-state index contributed by atoms with van der Waals surface area (Å²) in [5.41, 5.74) is 0.735. The molecule has 5 heteroatoms. The smallest absolute Gasteiger partial charge is 0.255 e. The van der Waals surface area contributed by atoms with Crippen LogP contribution < -0.4 is 0 Å². The maximum Gasteiger partial charge on any atom is 0.255 e. The Kier molecular flexibility index (Phi) is 8.24. The second kappa shape index (κ2) is 8.83. The van der Waals surface area contributed by atoms with Crippen LogP contribution in [0.3, 0.4) is 0 Å². The quantitative estimate of drug-likeness (QED) is 0.380. The molecule has 0 aromatic rings. The van der Waals surface area contributed by atoms with Crippen LogP contribution in [-0.2, 0) is 14.0 Å². The van der Waals surface area contributed by atoms with Gasteiger partial charge in [-0.25, -0.2) is 0 Å². The molecular formula is C13H23NO3Si. The van der Waals surface area contributed by atoms with Crippen molar-refractivity contribution in [3.8, 4) is 0 Å². The molecule has 0 aliphatic rings. The molecule has 4 nitrogen and oxygen atoms in total. The van der Waals surface area contributed by atoms with E-state index in [9.17, 15) is 9.59 Å². The van der Waals surface area contributed by atoms with Crippen molar-refractivity contribution >= 4 is 21.6 Å². The molecular weight excluding hydrogens is 246 g/mol. The van der Waals surface area contributed by atoms with E-state index in [0.717, 1.165) is 19.1 Å². The Bertz CT molecular complexity index is 313. The Morgan fingerprint density at radius 1 is 1.17 bits per heavy atom. The number of carbonyl (C=O) groups excluding carboxylic acids is 2. The van der Waals surface area contributed by atoms with Gasteiger partial charge < -0.3 is 4.43 Å². The van der Waals surface area contributed by atoms with E-state index < -0.39 is 9.76 Å². The molecule has 0 radical (unpaired) electrons. The third kappa shape index (κ3) is 5.93. The van der Waals surface area contributed by atoms with Crippen molar-refractivity contribution in [3.05, 3.63) is 24.3 Å². The molecule has 0 saturated heterocycles. The Balaban J connectivity index is 4.40. The highest BCUT2D eigenvalue weighted by atomic mass is 28.2. The van der Waals surface area contributed by atoms with Crippen LogP contribution in [0.5, 0.6) is 0 Å². The zero-order valence-corrected chi connectivity index (χ0v) is 13.0. The third-order valence-electron chi connectivity index (χ3n) is 2.35. The largest absolute Gasteiger partial charge is 0.424 e. The Morgan fingerprint density at radius 3 is 2.06 bits per heavy atom. The average Bonchev–Trinajstić information content (AvgIpc) is 2.32. The van der Waals surface area contributed by atoms with Crippen LogP contribution in [0.15, 0.2) is 24.3 Å². The lowest BCUT2D eigenvalue weighted by atomic mass is 10.2. The summed E-state index contributed by atoms with van der Waals surface area (Å²) in [4.78, 5) is 24.9. The van der Waals surface area contributed by atoms with E-state index in [-0.39, 0.29) is 11.8 Å². The van der Waals surface area contributed by atoms with Crippen molar-refractivity contribution in [1.29, 1.82) is 0 Å². The predicted octanol–water partition coefficient (Wildman–Crippen LogP) is 1.42. The second-order valence-electron chi connectivity index (χ2n) is 4.23. The van der Waals surface area contributed by atoms with Crippen LogP contribution in [0.4, 0.5) is 0 Å². The average molecular weight is 269 g/mol. The second-order valence-corrected chi connectivity index (χ2v) is 5.75. The van der Waals surface area contributed by atoms with E-state index in [1.54, 1.807) is 13.8 Å². The molecule has 0 aromatic heterocycles. The maximum atomic E-state index is 11.9. The predicted molar refractivity (Wildman–Crippen MR) is 75.9 cm³/mol. The van der Waals surface area contributed by atoms with Crippen LogP contribution >= 0.6 is 0 Å². The number of amides is 2. The number of hydrogen-bond donors (Lipinski definition) is 0. The number of imide groups is 1. The highest BCUT2D eigenvalue weighted by Crippen LogP contribution is 2.07. The van der Waals surface area contributed by atoms with E-state index in [1.807, 2.05) is 6.92 Å². The molecule has 0 unspecified atom stereocenters. The van der Waals surface area contributed by atoms with E-state index in [0.29, 0.717) is 17.7 Å². The minimum absolute atomic E-state index is 0.318. The minimum atomic E-state index is -0.514. The highest BCUT2D eigenvalue weighted by molar-refractivity contribution is 6.27. The van der Waals surface area contributed by atoms with Crippen LogP contribution in [0.2, 0.25) is 6.04 Å². The fraction of sp³-hybridized carbons (Fsp3) is 0.538. The van der Waals surface area contributed by atoms with Gasteiger partial charge >= 0.3 is 0 Å². The van der Waals surface area contributed by atoms with Gasteiger partial charge in [-0.05, 0) is 33.2 Å². The van der Waals surface area contributed by atoms with E-state index in [1.165, 1.54) is 4.90 Å². The van der Waals surface area contributed by atoms with E-state index in [2.05, 4.69) is 13.2 Å². The van der Waals surface area contributed by atoms with Gasteiger partial charge in [-0.3, -0.25) is 14.5 Å². The Labute approximate surface area is 112 Å². The van der Waals surface area contributed by atoms with Crippen molar-refractivity contribution in [2.45, 2.75) is 33.2 Å². The van der Waals surface area contributed by atoms with Gasteiger partial charge in [0.15, 0.2) is 9.76 Å². The highest BCUT2D eigenvalue weighted by Gasteiger charge is 2.21. The topological polar surface area (TPSA) is 46.6 Å². The van der Waals surface area contributed by atoms with Crippen molar-refractivity contribution in [3.63, 3.8) is 0 Å². The lowest BCUT2D eigenvalue weighted by molar-refractivity contribution is -0.140. The monoisotopic (exact) mass is 269 g/mol. The number of carbonyl (C=O) groups is 2. The summed E-state index contributed by atoms with van der Waals surface area (Å²) in [6.45, 7) is 13.5. The van der Waals surface area contributed by atoms with Gasteiger partial charge in [-0.15, -0.1) is 0 Å². The molecule has 0 fully saturated rings. The number of rotatable bonds is 8. The van der Waals surface area contributed by atoms with Gasteiger partial charge in [-0.1, -0.05) is 13.2 Å². The maximum absolute atomic E-state index is 11.9. The molecule has 0 saturated carbocycles. The van der Waals surface area contributed by atoms with Crippen LogP contribution in [0.1, 0.15) is 27.2 Å². The summed E-state index contributed by atoms with van der Waals surface area (Å²) in [5, 5.41) is 0. The molecule has 2 amide bonds. The normalized spacial score (nSPS) is 10.6. The van der Waals surface area contributed by atoms with E-state index in [4.69, 9.17) is 4.43 Å². The van der Waals surface area contributed by atoms with Gasteiger partial charge in [0.2, 0.25) is 0 Å². The first-order valence-corrected chi connectivity index (χ1v) is 7.74. The van der Waals surface area contributed by atoms with Crippen molar-refractivity contribution in [2.75, 3.05) is 13.2 Å². The number of hydrogen-bond acceptors (Lipinski definition) is 3. The molecule has 102 valence electrons. The third-order valence-corrected chi connectivity index (χ3v) is 3.83. The van der Waals surface area contributed by atoms with Gasteiger partial charge in [0.1, 0.15) is 0 Å². The standard InChI is InChI=1S/C13H23NO3Si/c1-6-17-18-9-7-8-14(12(15)10(2)3)13(16)11(4)5/h2,4,6-9,18H2,1,3,5H3. The van der Waals surface area contributed by atoms with Crippen LogP contribution in [0.25, 0.3) is 0 Å². The fourth-order valence-corrected chi connectivity index (χ4v) is 2.30. The van der Waals surface area contributed by atoms with Crippen molar-refractivity contribution in [1.82, 2.24) is 4.90 Å². The number of nitrogens with zero attached hydrogens (tertiary/aromatic N) is 1. The molecule has 0 rings (SSSR count). The molecule has 0 atom stereocenters. The molecule has 0 heterocycles. The van der Waals surface area contributed by atoms with Crippen molar-refractivity contribution in [2.24, 2.45) is 0 Å². The first kappa shape index (κ1) is 16.8. The molecule has 18 heavy (non-hydrogen) atoms. The zero-order valence-electron chi connectivity index (χ0n) is 11.6. The summed E-state index contributed by atoms with van der Waals surface area (Å²) in [6, 6.07) is 0.956. The molecule has 0 N–H and O–H groups in total. The first-order valence-electron chi connectivity index (χ1n) is 6.16. The van der Waals surface area contributed by atoms with E-state index >= 15 is 0 Å². The SMILES string of the molecule is C=C(C)C(=O)N(CCC[SiH2]OCC)C(=O)C(=C)C. The lowest BCUT2D eigenvalue weighted by Gasteiger charge is -2.20. The van der Waals surface area contributed by atoms with Crippen molar-refractivity contribution < 1.29 is 14.0 Å². The summed E-state index contributed by atoms with van der Waals surface area (Å²) in [5.74, 6) is -0.637. The summed E-state index contributed by atoms with van der Waals surface area (Å²) in [6.07, 6.45) is 0.782. The molecule has 0 aliphatic heterocycles. The fourth-order valence-electron chi connectivity index (χ4n) is 1.37. The van der Waals surface area contributed by atoms with Gasteiger partial charge in [0.05, 0.1) is 0 Å². The van der Waals surface area contributed by atoms with Crippen LogP contribution in [-0.4, -0.2) is 39.6 Å². The molecule has 0 bridgehead atoms. The minimum Gasteiger partial charge on any atom is -0.424 e. The Hall–Kier alpha value is -1.20. The van der Waals surface area contributed by atoms with Gasteiger partial charge in [0, 0.05) is 24.3 Å².